The van der Waals surface area contributed by atoms with Gasteiger partial charge in [-0.1, -0.05) is 41.9 Å². The highest BCUT2D eigenvalue weighted by atomic mass is 35.5. The number of nitrogens with one attached hydrogen (secondary N) is 1. The third kappa shape index (κ3) is 4.36. The van der Waals surface area contributed by atoms with Crippen LogP contribution in [0.4, 0.5) is 22.9 Å². The number of azo groups is 1. The monoisotopic (exact) mass is 493 g/mol. The van der Waals surface area contributed by atoms with Crippen molar-refractivity contribution in [3.63, 3.8) is 0 Å². The Labute approximate surface area is 210 Å². The third-order valence-corrected chi connectivity index (χ3v) is 5.55. The summed E-state index contributed by atoms with van der Waals surface area (Å²) >= 11 is 5.92. The minimum Gasteiger partial charge on any atom is -0.505 e. The number of phenols is 1. The molecule has 0 saturated carbocycles. The number of phenolic OH excluding ortho intramolecular Hbond substituents is 1. The summed E-state index contributed by atoms with van der Waals surface area (Å²) in [6.07, 6.45) is 2.96. The SMILES string of the molecule is [C-]#[N+]c1cnn(-c2ccccn2)c1N=Nc1c(O)c(C(=O)Nc2ccc(Cl)cc2)cc2ccccc12. The molecule has 36 heavy (non-hydrogen) atoms. The average Bonchev–Trinajstić information content (AvgIpc) is 3.32. The summed E-state index contributed by atoms with van der Waals surface area (Å²) in [6.45, 7) is 7.47. The molecule has 5 rings (SSSR count). The van der Waals surface area contributed by atoms with E-state index in [-0.39, 0.29) is 28.5 Å². The van der Waals surface area contributed by atoms with Gasteiger partial charge in [0.05, 0.1) is 18.3 Å². The zero-order chi connectivity index (χ0) is 25.1. The second-order valence-electron chi connectivity index (χ2n) is 7.57. The maximum atomic E-state index is 13.0. The van der Waals surface area contributed by atoms with Crippen molar-refractivity contribution < 1.29 is 9.90 Å². The lowest BCUT2D eigenvalue weighted by atomic mass is 10.0. The van der Waals surface area contributed by atoms with Gasteiger partial charge in [0.15, 0.2) is 17.4 Å². The van der Waals surface area contributed by atoms with Gasteiger partial charge in [0, 0.05) is 22.3 Å². The van der Waals surface area contributed by atoms with Gasteiger partial charge >= 0.3 is 0 Å². The first-order valence-corrected chi connectivity index (χ1v) is 11.0. The number of amides is 1. The van der Waals surface area contributed by atoms with Gasteiger partial charge in [-0.2, -0.15) is 5.10 Å². The first-order valence-electron chi connectivity index (χ1n) is 10.7. The van der Waals surface area contributed by atoms with E-state index in [1.54, 1.807) is 72.9 Å². The van der Waals surface area contributed by atoms with Crippen LogP contribution in [-0.2, 0) is 0 Å². The van der Waals surface area contributed by atoms with Crippen molar-refractivity contribution in [3.8, 4) is 11.6 Å². The van der Waals surface area contributed by atoms with Gasteiger partial charge in [0.2, 0.25) is 0 Å². The minimum atomic E-state index is -0.530. The zero-order valence-electron chi connectivity index (χ0n) is 18.5. The van der Waals surface area contributed by atoms with E-state index in [9.17, 15) is 9.90 Å². The fourth-order valence-corrected chi connectivity index (χ4v) is 3.70. The quantitative estimate of drug-likeness (QED) is 0.203. The normalized spacial score (nSPS) is 11.0. The van der Waals surface area contributed by atoms with Crippen LogP contribution in [-0.4, -0.2) is 25.8 Å². The maximum absolute atomic E-state index is 13.0. The molecule has 0 atom stereocenters. The zero-order valence-corrected chi connectivity index (χ0v) is 19.3. The number of aromatic nitrogens is 3. The summed E-state index contributed by atoms with van der Waals surface area (Å²) in [5.74, 6) is -0.288. The van der Waals surface area contributed by atoms with Gasteiger partial charge in [-0.25, -0.2) is 14.5 Å². The number of nitrogens with zero attached hydrogens (tertiary/aromatic N) is 6. The maximum Gasteiger partial charge on any atom is 0.259 e. The molecule has 3 aromatic carbocycles. The highest BCUT2D eigenvalue weighted by molar-refractivity contribution is 6.30. The molecule has 0 saturated heterocycles. The first-order chi connectivity index (χ1) is 17.5. The van der Waals surface area contributed by atoms with Crippen LogP contribution in [0, 0.1) is 6.57 Å². The van der Waals surface area contributed by atoms with Gasteiger partial charge in [0.25, 0.3) is 11.6 Å². The van der Waals surface area contributed by atoms with Gasteiger partial charge in [-0.3, -0.25) is 4.79 Å². The van der Waals surface area contributed by atoms with Crippen LogP contribution in [0.2, 0.25) is 5.02 Å². The van der Waals surface area contributed by atoms with Gasteiger partial charge < -0.3 is 10.4 Å². The third-order valence-electron chi connectivity index (χ3n) is 5.30. The molecule has 2 heterocycles. The summed E-state index contributed by atoms with van der Waals surface area (Å²) in [4.78, 5) is 20.8. The lowest BCUT2D eigenvalue weighted by molar-refractivity contribution is 0.102. The van der Waals surface area contributed by atoms with Crippen molar-refractivity contribution in [2.75, 3.05) is 5.32 Å². The smallest absolute Gasteiger partial charge is 0.259 e. The predicted octanol–water partition coefficient (Wildman–Crippen LogP) is 7.00. The molecule has 1 amide bonds. The highest BCUT2D eigenvalue weighted by Gasteiger charge is 2.19. The molecule has 0 radical (unpaired) electrons. The molecule has 0 spiro atoms. The van der Waals surface area contributed by atoms with E-state index in [4.69, 9.17) is 18.2 Å². The number of rotatable bonds is 5. The number of carbonyl (C=O) groups is 1. The van der Waals surface area contributed by atoms with E-state index >= 15 is 0 Å². The molecular weight excluding hydrogens is 478 g/mol. The molecule has 2 aromatic heterocycles. The Morgan fingerprint density at radius 2 is 1.83 bits per heavy atom. The van der Waals surface area contributed by atoms with Crippen LogP contribution in [0.15, 0.2) is 95.4 Å². The molecule has 2 N–H and O–H groups in total. The molecule has 0 aliphatic rings. The van der Waals surface area contributed by atoms with Crippen molar-refractivity contribution in [2.45, 2.75) is 0 Å². The van der Waals surface area contributed by atoms with E-state index in [0.717, 1.165) is 0 Å². The summed E-state index contributed by atoms with van der Waals surface area (Å²) in [7, 11) is 0. The molecular formula is C26H16ClN7O2. The van der Waals surface area contributed by atoms with Crippen molar-refractivity contribution >= 4 is 51.2 Å². The number of benzene rings is 3. The lowest BCUT2D eigenvalue weighted by Crippen LogP contribution is -2.12. The van der Waals surface area contributed by atoms with E-state index in [1.807, 2.05) is 6.07 Å². The Hall–Kier alpha value is -5.07. The van der Waals surface area contributed by atoms with Crippen molar-refractivity contribution in [3.05, 3.63) is 107 Å². The van der Waals surface area contributed by atoms with Crippen molar-refractivity contribution in [1.82, 2.24) is 14.8 Å². The standard InChI is InChI=1S/C26H16ClN7O2/c1-28-21-15-30-34(22-8-4-5-13-29-22)25(21)33-32-23-19-7-3-2-6-16(19)14-20(24(23)35)26(36)31-18-11-9-17(27)10-12-18/h2-15,35H,(H,31,36). The topological polar surface area (TPSA) is 109 Å². The summed E-state index contributed by atoms with van der Waals surface area (Å²) in [5, 5.41) is 28.4. The average molecular weight is 494 g/mol. The van der Waals surface area contributed by atoms with Crippen LogP contribution in [0.5, 0.6) is 5.75 Å². The number of halogens is 1. The predicted molar refractivity (Wildman–Crippen MR) is 137 cm³/mol. The molecule has 9 nitrogen and oxygen atoms in total. The van der Waals surface area contributed by atoms with Crippen LogP contribution in [0.25, 0.3) is 21.4 Å². The number of aromatic hydroxyl groups is 1. The van der Waals surface area contributed by atoms with Crippen molar-refractivity contribution in [2.24, 2.45) is 10.2 Å². The Bertz CT molecular complexity index is 1660. The number of carbonyl (C=O) groups excluding carboxylic acids is 1. The van der Waals surface area contributed by atoms with Gasteiger partial charge in [-0.15, -0.1) is 10.2 Å². The largest absolute Gasteiger partial charge is 0.505 e. The van der Waals surface area contributed by atoms with E-state index in [0.29, 0.717) is 27.3 Å². The second-order valence-corrected chi connectivity index (χ2v) is 8.00. The van der Waals surface area contributed by atoms with E-state index in [2.05, 4.69) is 30.5 Å². The first kappa shape index (κ1) is 22.7. The van der Waals surface area contributed by atoms with Crippen molar-refractivity contribution in [1.29, 1.82) is 0 Å². The summed E-state index contributed by atoms with van der Waals surface area (Å²) in [5.41, 5.74) is 0.770. The number of hydrogen-bond acceptors (Lipinski definition) is 6. The highest BCUT2D eigenvalue weighted by Crippen LogP contribution is 2.40. The Morgan fingerprint density at radius 1 is 1.06 bits per heavy atom. The minimum absolute atomic E-state index is 0.0150. The van der Waals surface area contributed by atoms with Gasteiger partial charge in [0.1, 0.15) is 5.69 Å². The van der Waals surface area contributed by atoms with Crippen LogP contribution >= 0.6 is 11.6 Å². The molecule has 0 aliphatic heterocycles. The number of anilines is 1. The molecule has 0 aliphatic carbocycles. The van der Waals surface area contributed by atoms with Crippen LogP contribution in [0.1, 0.15) is 10.4 Å². The number of pyridine rings is 1. The Balaban J connectivity index is 1.60. The molecule has 0 unspecified atom stereocenters. The second kappa shape index (κ2) is 9.66. The fourth-order valence-electron chi connectivity index (χ4n) is 3.57. The Kier molecular flexibility index (Phi) is 6.09. The molecule has 10 heteroatoms. The van der Waals surface area contributed by atoms with Crippen LogP contribution in [0.3, 0.4) is 0 Å². The molecule has 174 valence electrons. The number of fused-ring (bicyclic) bond motifs is 1. The summed E-state index contributed by atoms with van der Waals surface area (Å²) < 4.78 is 1.38. The lowest BCUT2D eigenvalue weighted by Gasteiger charge is -2.11. The Morgan fingerprint density at radius 3 is 2.58 bits per heavy atom. The van der Waals surface area contributed by atoms with E-state index in [1.165, 1.54) is 10.9 Å². The van der Waals surface area contributed by atoms with E-state index < -0.39 is 5.91 Å². The number of hydrogen-bond donors (Lipinski definition) is 2. The molecule has 0 bridgehead atoms. The van der Waals surface area contributed by atoms with Crippen LogP contribution < -0.4 is 5.32 Å². The molecule has 0 fully saturated rings. The molecule has 5 aromatic rings. The summed E-state index contributed by atoms with van der Waals surface area (Å²) in [6, 6.07) is 20.6. The van der Waals surface area contributed by atoms with Gasteiger partial charge in [-0.05, 0) is 47.9 Å². The fraction of sp³-hybridized carbons (Fsp3) is 0.